The number of hydrogen-bond donors (Lipinski definition) is 2. The van der Waals surface area contributed by atoms with E-state index in [2.05, 4.69) is 35.8 Å². The molecule has 1 heterocycles. The van der Waals surface area contributed by atoms with E-state index < -0.39 is 0 Å². The van der Waals surface area contributed by atoms with Crippen molar-refractivity contribution in [1.82, 2.24) is 14.9 Å². The Balaban J connectivity index is 1.60. The maximum Gasteiger partial charge on any atom is 0.106 e. The molecule has 3 rings (SSSR count). The van der Waals surface area contributed by atoms with Gasteiger partial charge >= 0.3 is 0 Å². The van der Waals surface area contributed by atoms with Crippen LogP contribution >= 0.6 is 0 Å². The van der Waals surface area contributed by atoms with Crippen molar-refractivity contribution in [2.75, 3.05) is 7.05 Å². The van der Waals surface area contributed by atoms with Crippen molar-refractivity contribution in [3.8, 4) is 0 Å². The van der Waals surface area contributed by atoms with Crippen molar-refractivity contribution in [1.29, 1.82) is 0 Å². The molecule has 0 bridgehead atoms. The van der Waals surface area contributed by atoms with Gasteiger partial charge in [-0.1, -0.05) is 6.92 Å². The van der Waals surface area contributed by atoms with Gasteiger partial charge in [-0.2, -0.15) is 0 Å². The molecule has 2 aliphatic rings. The first kappa shape index (κ1) is 14.1. The summed E-state index contributed by atoms with van der Waals surface area (Å²) >= 11 is 0. The first-order valence-corrected chi connectivity index (χ1v) is 7.99. The number of aromatic nitrogens is 2. The van der Waals surface area contributed by atoms with Gasteiger partial charge in [-0.3, -0.25) is 4.90 Å². The lowest BCUT2D eigenvalue weighted by atomic mass is 10.0. The molecule has 4 atom stereocenters. The molecule has 0 saturated heterocycles. The predicted octanol–water partition coefficient (Wildman–Crippen LogP) is 2.26. The molecule has 0 radical (unpaired) electrons. The van der Waals surface area contributed by atoms with Gasteiger partial charge in [-0.05, 0) is 51.5 Å². The third-order valence-electron chi connectivity index (χ3n) is 5.36. The Labute approximate surface area is 121 Å². The highest BCUT2D eigenvalue weighted by Crippen LogP contribution is 2.45. The van der Waals surface area contributed by atoms with Gasteiger partial charge in [0.15, 0.2) is 0 Å². The number of nitrogens with zero attached hydrogens (tertiary/aromatic N) is 2. The van der Waals surface area contributed by atoms with Crippen molar-refractivity contribution in [3.63, 3.8) is 0 Å². The van der Waals surface area contributed by atoms with E-state index in [4.69, 9.17) is 0 Å². The highest BCUT2D eigenvalue weighted by atomic mass is 16.3. The fourth-order valence-corrected chi connectivity index (χ4v) is 4.16. The maximum atomic E-state index is 9.73. The number of hydrogen-bond acceptors (Lipinski definition) is 3. The Morgan fingerprint density at radius 1 is 1.25 bits per heavy atom. The third-order valence-corrected chi connectivity index (χ3v) is 5.36. The molecule has 2 aliphatic carbocycles. The molecular weight excluding hydrogens is 250 g/mol. The quantitative estimate of drug-likeness (QED) is 0.887. The van der Waals surface area contributed by atoms with Crippen LogP contribution in [0.25, 0.3) is 0 Å². The standard InChI is InChI=1S/C16H27N3O/c1-4-16-17-10(2)15(18-16)9-19(3)13-5-11-7-14(20)8-12(11)6-13/h11-14,20H,4-9H2,1-3H3,(H,17,18)/t11-,12+,13?,14?. The lowest BCUT2D eigenvalue weighted by Crippen LogP contribution is -2.30. The van der Waals surface area contributed by atoms with E-state index in [-0.39, 0.29) is 6.10 Å². The first-order valence-electron chi connectivity index (χ1n) is 7.99. The number of aliphatic hydroxyl groups excluding tert-OH is 1. The van der Waals surface area contributed by atoms with Crippen LogP contribution in [-0.4, -0.2) is 39.2 Å². The van der Waals surface area contributed by atoms with Gasteiger partial charge in [0.2, 0.25) is 0 Å². The van der Waals surface area contributed by atoms with Crippen LogP contribution in [0, 0.1) is 18.8 Å². The summed E-state index contributed by atoms with van der Waals surface area (Å²) in [4.78, 5) is 10.5. The van der Waals surface area contributed by atoms with Crippen LogP contribution in [-0.2, 0) is 13.0 Å². The molecule has 2 unspecified atom stereocenters. The second-order valence-electron chi connectivity index (χ2n) is 6.79. The van der Waals surface area contributed by atoms with Crippen LogP contribution in [0.15, 0.2) is 0 Å². The molecule has 0 amide bonds. The second kappa shape index (κ2) is 5.49. The monoisotopic (exact) mass is 277 g/mol. The zero-order valence-corrected chi connectivity index (χ0v) is 12.9. The molecule has 4 heteroatoms. The minimum Gasteiger partial charge on any atom is -0.393 e. The number of imidazole rings is 1. The first-order chi connectivity index (χ1) is 9.56. The minimum absolute atomic E-state index is 0.0306. The van der Waals surface area contributed by atoms with Crippen molar-refractivity contribution < 1.29 is 5.11 Å². The second-order valence-corrected chi connectivity index (χ2v) is 6.79. The summed E-state index contributed by atoms with van der Waals surface area (Å²) in [5, 5.41) is 9.73. The largest absolute Gasteiger partial charge is 0.393 e. The number of fused-ring (bicyclic) bond motifs is 1. The Kier molecular flexibility index (Phi) is 3.87. The summed E-state index contributed by atoms with van der Waals surface area (Å²) in [5.74, 6) is 2.60. The Morgan fingerprint density at radius 3 is 2.45 bits per heavy atom. The van der Waals surface area contributed by atoms with Crippen LogP contribution in [0.1, 0.15) is 49.8 Å². The average Bonchev–Trinajstić information content (AvgIpc) is 3.02. The van der Waals surface area contributed by atoms with Gasteiger partial charge in [0.05, 0.1) is 11.8 Å². The summed E-state index contributed by atoms with van der Waals surface area (Å²) < 4.78 is 0. The smallest absolute Gasteiger partial charge is 0.106 e. The van der Waals surface area contributed by atoms with Crippen LogP contribution in [0.5, 0.6) is 0 Å². The van der Waals surface area contributed by atoms with E-state index in [0.717, 1.165) is 43.5 Å². The van der Waals surface area contributed by atoms with Crippen molar-refractivity contribution in [2.24, 2.45) is 11.8 Å². The van der Waals surface area contributed by atoms with Crippen LogP contribution in [0.2, 0.25) is 0 Å². The van der Waals surface area contributed by atoms with E-state index in [9.17, 15) is 5.11 Å². The van der Waals surface area contributed by atoms with Crippen LogP contribution < -0.4 is 0 Å². The van der Waals surface area contributed by atoms with Crippen molar-refractivity contribution >= 4 is 0 Å². The molecule has 0 aliphatic heterocycles. The fraction of sp³-hybridized carbons (Fsp3) is 0.812. The number of H-pyrrole nitrogens is 1. The van der Waals surface area contributed by atoms with Crippen LogP contribution in [0.4, 0.5) is 0 Å². The number of nitrogens with one attached hydrogen (secondary N) is 1. The summed E-state index contributed by atoms with van der Waals surface area (Å²) in [6.45, 7) is 5.19. The predicted molar refractivity (Wildman–Crippen MR) is 79.4 cm³/mol. The minimum atomic E-state index is -0.0306. The summed E-state index contributed by atoms with van der Waals surface area (Å²) in [6, 6.07) is 0.665. The summed E-state index contributed by atoms with van der Waals surface area (Å²) in [6.07, 6.45) is 5.49. The maximum absolute atomic E-state index is 9.73. The molecular formula is C16H27N3O. The Bertz CT molecular complexity index is 456. The van der Waals surface area contributed by atoms with Gasteiger partial charge in [-0.25, -0.2) is 4.98 Å². The van der Waals surface area contributed by atoms with Gasteiger partial charge < -0.3 is 10.1 Å². The number of aliphatic hydroxyl groups is 1. The zero-order chi connectivity index (χ0) is 14.3. The van der Waals surface area contributed by atoms with Crippen molar-refractivity contribution in [3.05, 3.63) is 17.2 Å². The van der Waals surface area contributed by atoms with E-state index in [1.165, 1.54) is 24.2 Å². The highest BCUT2D eigenvalue weighted by Gasteiger charge is 2.42. The molecule has 4 nitrogen and oxygen atoms in total. The molecule has 2 N–H and O–H groups in total. The zero-order valence-electron chi connectivity index (χ0n) is 12.9. The van der Waals surface area contributed by atoms with Gasteiger partial charge in [0.25, 0.3) is 0 Å². The summed E-state index contributed by atoms with van der Waals surface area (Å²) in [5.41, 5.74) is 2.41. The molecule has 1 aromatic rings. The van der Waals surface area contributed by atoms with E-state index in [1.807, 2.05) is 0 Å². The molecule has 20 heavy (non-hydrogen) atoms. The normalized spacial score (nSPS) is 33.0. The molecule has 1 aromatic heterocycles. The van der Waals surface area contributed by atoms with Crippen molar-refractivity contribution in [2.45, 2.75) is 64.6 Å². The van der Waals surface area contributed by atoms with Gasteiger partial charge in [0, 0.05) is 24.7 Å². The number of rotatable bonds is 4. The lowest BCUT2D eigenvalue weighted by molar-refractivity contribution is 0.157. The Hall–Kier alpha value is -0.870. The van der Waals surface area contributed by atoms with Crippen LogP contribution in [0.3, 0.4) is 0 Å². The topological polar surface area (TPSA) is 52.1 Å². The molecule has 2 fully saturated rings. The third kappa shape index (κ3) is 2.63. The van der Waals surface area contributed by atoms with Gasteiger partial charge in [0.1, 0.15) is 5.82 Å². The Morgan fingerprint density at radius 2 is 1.90 bits per heavy atom. The highest BCUT2D eigenvalue weighted by molar-refractivity contribution is 5.13. The summed E-state index contributed by atoms with van der Waals surface area (Å²) in [7, 11) is 2.22. The van der Waals surface area contributed by atoms with E-state index >= 15 is 0 Å². The van der Waals surface area contributed by atoms with Gasteiger partial charge in [-0.15, -0.1) is 0 Å². The number of aryl methyl sites for hydroxylation is 2. The molecule has 2 saturated carbocycles. The average molecular weight is 277 g/mol. The fourth-order valence-electron chi connectivity index (χ4n) is 4.16. The molecule has 112 valence electrons. The molecule has 0 spiro atoms. The SMILES string of the molecule is CCc1nc(CN(C)C2C[C@H]3CC(O)C[C@H]3C2)c(C)[nH]1. The van der Waals surface area contributed by atoms with E-state index in [1.54, 1.807) is 0 Å². The lowest BCUT2D eigenvalue weighted by Gasteiger charge is -2.24. The number of aromatic amines is 1. The van der Waals surface area contributed by atoms with E-state index in [0.29, 0.717) is 6.04 Å². The molecule has 0 aromatic carbocycles.